The first-order valence-electron chi connectivity index (χ1n) is 7.18. The van der Waals surface area contributed by atoms with E-state index in [0.29, 0.717) is 23.5 Å². The van der Waals surface area contributed by atoms with Crippen LogP contribution in [0.25, 0.3) is 0 Å². The molecule has 0 aliphatic rings. The number of carboxylic acid groups (broad SMARTS) is 1. The van der Waals surface area contributed by atoms with E-state index in [1.807, 2.05) is 13.8 Å². The van der Waals surface area contributed by atoms with Gasteiger partial charge in [-0.1, -0.05) is 13.3 Å². The molecule has 0 aliphatic carbocycles. The summed E-state index contributed by atoms with van der Waals surface area (Å²) in [5, 5.41) is 11.8. The Kier molecular flexibility index (Phi) is 6.69. The summed E-state index contributed by atoms with van der Waals surface area (Å²) in [5.41, 5.74) is 1.18. The maximum Gasteiger partial charge on any atom is 0.308 e. The zero-order chi connectivity index (χ0) is 16.7. The molecule has 0 aliphatic heterocycles. The Labute approximate surface area is 130 Å². The molecular weight excluding hydrogens is 286 g/mol. The maximum absolute atomic E-state index is 12.2. The monoisotopic (exact) mass is 309 g/mol. The number of hydrogen-bond donors (Lipinski definition) is 2. The summed E-state index contributed by atoms with van der Waals surface area (Å²) in [5.74, 6) is -0.732. The highest BCUT2D eigenvalue weighted by molar-refractivity contribution is 5.95. The van der Waals surface area contributed by atoms with Crippen LogP contribution in [0.5, 0.6) is 11.5 Å². The average molecular weight is 309 g/mol. The molecule has 0 saturated heterocycles. The second kappa shape index (κ2) is 8.26. The van der Waals surface area contributed by atoms with Crippen molar-refractivity contribution in [1.29, 1.82) is 0 Å². The number of hydrogen-bond acceptors (Lipinski definition) is 4. The van der Waals surface area contributed by atoms with Crippen LogP contribution in [-0.4, -0.2) is 37.7 Å². The van der Waals surface area contributed by atoms with E-state index in [4.69, 9.17) is 14.6 Å². The summed E-state index contributed by atoms with van der Waals surface area (Å²) in [6.07, 6.45) is 1.27. The summed E-state index contributed by atoms with van der Waals surface area (Å²) < 4.78 is 10.5. The van der Waals surface area contributed by atoms with Crippen LogP contribution in [0.2, 0.25) is 0 Å². The average Bonchev–Trinajstić information content (AvgIpc) is 2.50. The van der Waals surface area contributed by atoms with Crippen molar-refractivity contribution in [3.63, 3.8) is 0 Å². The Balaban J connectivity index is 2.87. The van der Waals surface area contributed by atoms with E-state index in [-0.39, 0.29) is 12.5 Å². The minimum atomic E-state index is -0.902. The lowest BCUT2D eigenvalue weighted by Gasteiger charge is -2.15. The van der Waals surface area contributed by atoms with Gasteiger partial charge in [-0.05, 0) is 25.5 Å². The van der Waals surface area contributed by atoms with Crippen molar-refractivity contribution in [2.45, 2.75) is 26.7 Å². The predicted molar refractivity (Wildman–Crippen MR) is 82.7 cm³/mol. The zero-order valence-corrected chi connectivity index (χ0v) is 13.4. The molecule has 1 aromatic carbocycles. The molecule has 0 aromatic heterocycles. The molecule has 2 N–H and O–H groups in total. The SMILES string of the molecule is CCCC(CNC(=O)c1cc(OC)c(C)c(OC)c1)C(=O)O. The van der Waals surface area contributed by atoms with Gasteiger partial charge in [0.05, 0.1) is 20.1 Å². The quantitative estimate of drug-likeness (QED) is 0.769. The van der Waals surface area contributed by atoms with Gasteiger partial charge in [0, 0.05) is 17.7 Å². The van der Waals surface area contributed by atoms with Crippen molar-refractivity contribution in [2.75, 3.05) is 20.8 Å². The highest BCUT2D eigenvalue weighted by Gasteiger charge is 2.19. The number of carboxylic acids is 1. The number of aliphatic carboxylic acids is 1. The summed E-state index contributed by atoms with van der Waals surface area (Å²) >= 11 is 0. The van der Waals surface area contributed by atoms with Crippen LogP contribution in [0.3, 0.4) is 0 Å². The molecule has 22 heavy (non-hydrogen) atoms. The third-order valence-corrected chi connectivity index (χ3v) is 3.51. The van der Waals surface area contributed by atoms with Crippen molar-refractivity contribution in [1.82, 2.24) is 5.32 Å². The van der Waals surface area contributed by atoms with E-state index < -0.39 is 11.9 Å². The van der Waals surface area contributed by atoms with Gasteiger partial charge in [-0.2, -0.15) is 0 Å². The van der Waals surface area contributed by atoms with Gasteiger partial charge < -0.3 is 19.9 Å². The van der Waals surface area contributed by atoms with Gasteiger partial charge in [-0.15, -0.1) is 0 Å². The van der Waals surface area contributed by atoms with Gasteiger partial charge in [0.2, 0.25) is 0 Å². The van der Waals surface area contributed by atoms with Crippen LogP contribution in [0.15, 0.2) is 12.1 Å². The molecule has 122 valence electrons. The number of ether oxygens (including phenoxy) is 2. The van der Waals surface area contributed by atoms with E-state index in [2.05, 4.69) is 5.32 Å². The van der Waals surface area contributed by atoms with Crippen LogP contribution >= 0.6 is 0 Å². The van der Waals surface area contributed by atoms with Gasteiger partial charge in [-0.25, -0.2) is 0 Å². The van der Waals surface area contributed by atoms with Crippen molar-refractivity contribution < 1.29 is 24.2 Å². The molecule has 1 amide bonds. The van der Waals surface area contributed by atoms with E-state index in [0.717, 1.165) is 12.0 Å². The molecule has 0 radical (unpaired) electrons. The van der Waals surface area contributed by atoms with Gasteiger partial charge in [0.15, 0.2) is 0 Å². The molecule has 1 atom stereocenters. The van der Waals surface area contributed by atoms with E-state index in [9.17, 15) is 9.59 Å². The molecule has 1 unspecified atom stereocenters. The third kappa shape index (κ3) is 4.38. The number of nitrogens with one attached hydrogen (secondary N) is 1. The maximum atomic E-state index is 12.2. The standard InChI is InChI=1S/C16H23NO5/c1-5-6-11(16(19)20)9-17-15(18)12-7-13(21-3)10(2)14(8-12)22-4/h7-8,11H,5-6,9H2,1-4H3,(H,17,18)(H,19,20). The molecule has 0 saturated carbocycles. The summed E-state index contributed by atoms with van der Waals surface area (Å²) in [7, 11) is 3.04. The molecule has 1 aromatic rings. The molecule has 6 heteroatoms. The number of rotatable bonds is 8. The van der Waals surface area contributed by atoms with Crippen LogP contribution in [0.1, 0.15) is 35.7 Å². The van der Waals surface area contributed by atoms with Crippen molar-refractivity contribution in [3.05, 3.63) is 23.3 Å². The van der Waals surface area contributed by atoms with E-state index in [1.165, 1.54) is 14.2 Å². The fourth-order valence-corrected chi connectivity index (χ4v) is 2.20. The van der Waals surface area contributed by atoms with Gasteiger partial charge in [0.1, 0.15) is 11.5 Å². The minimum absolute atomic E-state index is 0.0977. The first-order chi connectivity index (χ1) is 10.4. The Morgan fingerprint density at radius 1 is 1.23 bits per heavy atom. The first kappa shape index (κ1) is 17.8. The third-order valence-electron chi connectivity index (χ3n) is 3.51. The largest absolute Gasteiger partial charge is 0.496 e. The summed E-state index contributed by atoms with van der Waals surface area (Å²) in [6.45, 7) is 3.84. The van der Waals surface area contributed by atoms with Gasteiger partial charge in [0.25, 0.3) is 5.91 Å². The first-order valence-corrected chi connectivity index (χ1v) is 7.18. The summed E-state index contributed by atoms with van der Waals surface area (Å²) in [4.78, 5) is 23.3. The second-order valence-electron chi connectivity index (χ2n) is 5.04. The Morgan fingerprint density at radius 3 is 2.18 bits per heavy atom. The van der Waals surface area contributed by atoms with Crippen molar-refractivity contribution in [2.24, 2.45) is 5.92 Å². The van der Waals surface area contributed by atoms with Crippen LogP contribution in [0, 0.1) is 12.8 Å². The topological polar surface area (TPSA) is 84.9 Å². The molecule has 6 nitrogen and oxygen atoms in total. The number of amides is 1. The van der Waals surface area contributed by atoms with E-state index in [1.54, 1.807) is 12.1 Å². The lowest BCUT2D eigenvalue weighted by Crippen LogP contribution is -2.33. The Bertz CT molecular complexity index is 516. The van der Waals surface area contributed by atoms with Crippen molar-refractivity contribution >= 4 is 11.9 Å². The Morgan fingerprint density at radius 2 is 1.77 bits per heavy atom. The van der Waals surface area contributed by atoms with Crippen LogP contribution in [0.4, 0.5) is 0 Å². The molecule has 1 rings (SSSR count). The highest BCUT2D eigenvalue weighted by atomic mass is 16.5. The molecule has 0 spiro atoms. The number of carbonyl (C=O) groups excluding carboxylic acids is 1. The summed E-state index contributed by atoms with van der Waals surface area (Å²) in [6, 6.07) is 3.23. The molecule has 0 bridgehead atoms. The van der Waals surface area contributed by atoms with E-state index >= 15 is 0 Å². The molecular formula is C16H23NO5. The number of carbonyl (C=O) groups is 2. The zero-order valence-electron chi connectivity index (χ0n) is 13.4. The molecule has 0 heterocycles. The predicted octanol–water partition coefficient (Wildman–Crippen LogP) is 2.24. The smallest absolute Gasteiger partial charge is 0.308 e. The highest BCUT2D eigenvalue weighted by Crippen LogP contribution is 2.29. The second-order valence-corrected chi connectivity index (χ2v) is 5.04. The van der Waals surface area contributed by atoms with Crippen molar-refractivity contribution in [3.8, 4) is 11.5 Å². The van der Waals surface area contributed by atoms with Gasteiger partial charge in [-0.3, -0.25) is 9.59 Å². The number of methoxy groups -OCH3 is 2. The van der Waals surface area contributed by atoms with Crippen LogP contribution in [-0.2, 0) is 4.79 Å². The van der Waals surface area contributed by atoms with Crippen LogP contribution < -0.4 is 14.8 Å². The lowest BCUT2D eigenvalue weighted by molar-refractivity contribution is -0.141. The fraction of sp³-hybridized carbons (Fsp3) is 0.500. The number of benzene rings is 1. The normalized spacial score (nSPS) is 11.6. The Hall–Kier alpha value is -2.24. The fourth-order valence-electron chi connectivity index (χ4n) is 2.20. The minimum Gasteiger partial charge on any atom is -0.496 e. The van der Waals surface area contributed by atoms with Gasteiger partial charge >= 0.3 is 5.97 Å². The lowest BCUT2D eigenvalue weighted by atomic mass is 10.0. The molecule has 0 fully saturated rings.